The lowest BCUT2D eigenvalue weighted by Gasteiger charge is -2.14. The lowest BCUT2D eigenvalue weighted by Crippen LogP contribution is -1.98. The van der Waals surface area contributed by atoms with Crippen LogP contribution in [0.25, 0.3) is 6.08 Å². The van der Waals surface area contributed by atoms with Gasteiger partial charge >= 0.3 is 0 Å². The zero-order valence-electron chi connectivity index (χ0n) is 8.90. The largest absolute Gasteiger partial charge is 0.493 e. The highest BCUT2D eigenvalue weighted by atomic mass is 16.5. The Morgan fingerprint density at radius 1 is 1.00 bits per heavy atom. The van der Waals surface area contributed by atoms with Crippen LogP contribution in [0, 0.1) is 0 Å². The van der Waals surface area contributed by atoms with Crippen LogP contribution in [0.3, 0.4) is 0 Å². The van der Waals surface area contributed by atoms with Crippen molar-refractivity contribution in [3.05, 3.63) is 17.8 Å². The Labute approximate surface area is 88.5 Å². The van der Waals surface area contributed by atoms with Gasteiger partial charge in [-0.3, -0.25) is 5.32 Å². The molecule has 1 aliphatic heterocycles. The van der Waals surface area contributed by atoms with Gasteiger partial charge in [0.25, 0.3) is 0 Å². The molecule has 0 saturated heterocycles. The summed E-state index contributed by atoms with van der Waals surface area (Å²) in [6.07, 6.45) is 3.63. The van der Waals surface area contributed by atoms with E-state index in [1.54, 1.807) is 27.5 Å². The average Bonchev–Trinajstić information content (AvgIpc) is 2.73. The van der Waals surface area contributed by atoms with Crippen LogP contribution in [0.4, 0.5) is 5.69 Å². The van der Waals surface area contributed by atoms with Gasteiger partial charge in [0.2, 0.25) is 5.75 Å². The molecule has 0 aromatic heterocycles. The van der Waals surface area contributed by atoms with Crippen molar-refractivity contribution in [2.24, 2.45) is 0 Å². The Morgan fingerprint density at radius 3 is 2.33 bits per heavy atom. The number of methoxy groups -OCH3 is 3. The standard InChI is InChI=1S/C11H12NO3/c1-13-8-6-7-4-5-12-9(7)11(15-3)10(8)14-2/h4-6H,1-3H3. The molecule has 15 heavy (non-hydrogen) atoms. The molecule has 0 fully saturated rings. The molecule has 0 bridgehead atoms. The van der Waals surface area contributed by atoms with Crippen LogP contribution in [0.5, 0.6) is 17.2 Å². The Bertz CT molecular complexity index is 413. The van der Waals surface area contributed by atoms with E-state index in [1.165, 1.54) is 0 Å². The molecule has 1 radical (unpaired) electrons. The number of ether oxygens (including phenoxy) is 3. The maximum Gasteiger partial charge on any atom is 0.205 e. The Morgan fingerprint density at radius 2 is 1.73 bits per heavy atom. The van der Waals surface area contributed by atoms with Gasteiger partial charge in [-0.1, -0.05) is 0 Å². The first-order valence-electron chi connectivity index (χ1n) is 4.52. The SMILES string of the molecule is COc1cc2c(c(OC)c1OC)[N]C=C2. The average molecular weight is 206 g/mol. The second-order valence-corrected chi connectivity index (χ2v) is 3.03. The van der Waals surface area contributed by atoms with Crippen molar-refractivity contribution in [2.75, 3.05) is 21.3 Å². The van der Waals surface area contributed by atoms with Crippen molar-refractivity contribution < 1.29 is 14.2 Å². The molecule has 4 nitrogen and oxygen atoms in total. The third kappa shape index (κ3) is 1.38. The van der Waals surface area contributed by atoms with Crippen molar-refractivity contribution in [3.63, 3.8) is 0 Å². The molecule has 4 heteroatoms. The van der Waals surface area contributed by atoms with Crippen molar-refractivity contribution in [3.8, 4) is 17.2 Å². The summed E-state index contributed by atoms with van der Waals surface area (Å²) in [5.41, 5.74) is 1.76. The second kappa shape index (κ2) is 3.73. The number of nitrogens with zero attached hydrogens (tertiary/aromatic N) is 1. The first kappa shape index (κ1) is 9.71. The normalized spacial score (nSPS) is 11.9. The van der Waals surface area contributed by atoms with Crippen LogP contribution in [0.1, 0.15) is 5.56 Å². The van der Waals surface area contributed by atoms with Crippen LogP contribution in [0.2, 0.25) is 0 Å². The summed E-state index contributed by atoms with van der Waals surface area (Å²) in [7, 11) is 4.76. The molecule has 1 heterocycles. The van der Waals surface area contributed by atoms with Crippen molar-refractivity contribution >= 4 is 11.8 Å². The topological polar surface area (TPSA) is 41.8 Å². The monoisotopic (exact) mass is 206 g/mol. The number of rotatable bonds is 3. The van der Waals surface area contributed by atoms with E-state index in [-0.39, 0.29) is 0 Å². The van der Waals surface area contributed by atoms with E-state index < -0.39 is 0 Å². The maximum atomic E-state index is 5.28. The highest BCUT2D eigenvalue weighted by Gasteiger charge is 2.21. The number of hydrogen-bond acceptors (Lipinski definition) is 3. The minimum Gasteiger partial charge on any atom is -0.493 e. The van der Waals surface area contributed by atoms with Gasteiger partial charge in [0.05, 0.1) is 21.3 Å². The van der Waals surface area contributed by atoms with Gasteiger partial charge in [-0.2, -0.15) is 0 Å². The van der Waals surface area contributed by atoms with E-state index in [2.05, 4.69) is 5.32 Å². The maximum absolute atomic E-state index is 5.28. The van der Waals surface area contributed by atoms with E-state index in [0.717, 1.165) is 11.3 Å². The van der Waals surface area contributed by atoms with E-state index in [1.807, 2.05) is 12.1 Å². The zero-order valence-corrected chi connectivity index (χ0v) is 8.90. The zero-order chi connectivity index (χ0) is 10.8. The molecule has 0 amide bonds. The predicted molar refractivity (Wildman–Crippen MR) is 56.9 cm³/mol. The molecular formula is C11H12NO3. The number of benzene rings is 1. The summed E-state index contributed by atoms with van der Waals surface area (Å²) in [4.78, 5) is 0. The van der Waals surface area contributed by atoms with Gasteiger partial charge < -0.3 is 14.2 Å². The van der Waals surface area contributed by atoms with Crippen LogP contribution >= 0.6 is 0 Å². The van der Waals surface area contributed by atoms with E-state index in [9.17, 15) is 0 Å². The van der Waals surface area contributed by atoms with Gasteiger partial charge in [-0.05, 0) is 12.1 Å². The minimum absolute atomic E-state index is 0.575. The molecule has 0 saturated carbocycles. The third-order valence-electron chi connectivity index (χ3n) is 2.29. The van der Waals surface area contributed by atoms with Crippen LogP contribution in [-0.2, 0) is 0 Å². The summed E-state index contributed by atoms with van der Waals surface area (Å²) < 4.78 is 15.8. The van der Waals surface area contributed by atoms with Gasteiger partial charge in [0.1, 0.15) is 5.69 Å². The fraction of sp³-hybridized carbons (Fsp3) is 0.273. The van der Waals surface area contributed by atoms with Crippen molar-refractivity contribution in [1.82, 2.24) is 5.32 Å². The van der Waals surface area contributed by atoms with E-state index >= 15 is 0 Å². The molecule has 0 aliphatic carbocycles. The van der Waals surface area contributed by atoms with Crippen LogP contribution in [-0.4, -0.2) is 21.3 Å². The highest BCUT2D eigenvalue weighted by Crippen LogP contribution is 2.47. The molecular weight excluding hydrogens is 194 g/mol. The van der Waals surface area contributed by atoms with Crippen molar-refractivity contribution in [1.29, 1.82) is 0 Å². The fourth-order valence-corrected chi connectivity index (χ4v) is 1.61. The van der Waals surface area contributed by atoms with Crippen LogP contribution < -0.4 is 19.5 Å². The summed E-state index contributed by atoms with van der Waals surface area (Å²) in [5.74, 6) is 1.83. The molecule has 2 rings (SSSR count). The molecule has 0 unspecified atom stereocenters. The molecule has 1 aromatic carbocycles. The minimum atomic E-state index is 0.575. The first-order valence-corrected chi connectivity index (χ1v) is 4.52. The van der Waals surface area contributed by atoms with Gasteiger partial charge in [-0.25, -0.2) is 0 Å². The molecule has 1 aliphatic rings. The summed E-state index contributed by atoms with van der Waals surface area (Å²) >= 11 is 0. The molecule has 79 valence electrons. The molecule has 0 N–H and O–H groups in total. The summed E-state index contributed by atoms with van der Waals surface area (Å²) in [5, 5.41) is 4.21. The summed E-state index contributed by atoms with van der Waals surface area (Å²) in [6, 6.07) is 1.88. The Hall–Kier alpha value is -1.84. The summed E-state index contributed by atoms with van der Waals surface area (Å²) in [6.45, 7) is 0. The lowest BCUT2D eigenvalue weighted by molar-refractivity contribution is 0.324. The lowest BCUT2D eigenvalue weighted by atomic mass is 10.1. The predicted octanol–water partition coefficient (Wildman–Crippen LogP) is 1.93. The number of fused-ring (bicyclic) bond motifs is 1. The smallest absolute Gasteiger partial charge is 0.205 e. The molecule has 0 atom stereocenters. The van der Waals surface area contributed by atoms with Gasteiger partial charge in [0, 0.05) is 11.8 Å². The molecule has 1 aromatic rings. The highest BCUT2D eigenvalue weighted by molar-refractivity contribution is 5.80. The van der Waals surface area contributed by atoms with Crippen LogP contribution in [0.15, 0.2) is 12.3 Å². The second-order valence-electron chi connectivity index (χ2n) is 3.03. The fourth-order valence-electron chi connectivity index (χ4n) is 1.61. The van der Waals surface area contributed by atoms with Gasteiger partial charge in [0.15, 0.2) is 11.5 Å². The quantitative estimate of drug-likeness (QED) is 0.758. The van der Waals surface area contributed by atoms with E-state index in [4.69, 9.17) is 14.2 Å². The molecule has 0 spiro atoms. The van der Waals surface area contributed by atoms with Gasteiger partial charge in [-0.15, -0.1) is 0 Å². The first-order chi connectivity index (χ1) is 7.31. The number of hydrogen-bond donors (Lipinski definition) is 0. The Balaban J connectivity index is 2.64. The van der Waals surface area contributed by atoms with Crippen molar-refractivity contribution in [2.45, 2.75) is 0 Å². The van der Waals surface area contributed by atoms with E-state index in [0.29, 0.717) is 17.2 Å². The third-order valence-corrected chi connectivity index (χ3v) is 2.29. The Kier molecular flexibility index (Phi) is 2.41.